The number of para-hydroxylation sites is 1. The summed E-state index contributed by atoms with van der Waals surface area (Å²) in [6, 6.07) is 11.2. The van der Waals surface area contributed by atoms with E-state index in [1.54, 1.807) is 24.1 Å². The molecule has 0 unspecified atom stereocenters. The highest BCUT2D eigenvalue weighted by molar-refractivity contribution is 6.04. The molecule has 1 amide bonds. The van der Waals surface area contributed by atoms with Crippen molar-refractivity contribution in [2.75, 3.05) is 11.9 Å². The van der Waals surface area contributed by atoms with Gasteiger partial charge >= 0.3 is 0 Å². The molecule has 25 heavy (non-hydrogen) atoms. The van der Waals surface area contributed by atoms with E-state index in [0.717, 1.165) is 11.1 Å². The molecular formula is C17H15N7O. The van der Waals surface area contributed by atoms with Gasteiger partial charge in [-0.25, -0.2) is 9.97 Å². The second kappa shape index (κ2) is 6.16. The molecule has 0 aliphatic rings. The van der Waals surface area contributed by atoms with Crippen LogP contribution in [0.4, 0.5) is 5.69 Å². The van der Waals surface area contributed by atoms with Crippen molar-refractivity contribution < 1.29 is 4.79 Å². The number of carbonyl (C=O) groups excluding carboxylic acids is 1. The molecule has 0 aliphatic carbocycles. The fraction of sp³-hybridized carbons (Fsp3) is 0.118. The number of fused-ring (bicyclic) bond motifs is 1. The van der Waals surface area contributed by atoms with Gasteiger partial charge in [0.25, 0.3) is 5.91 Å². The minimum atomic E-state index is -0.294. The first-order valence-electron chi connectivity index (χ1n) is 7.73. The normalized spacial score (nSPS) is 10.9. The van der Waals surface area contributed by atoms with Gasteiger partial charge in [0.2, 0.25) is 5.82 Å². The Balaban J connectivity index is 1.73. The Morgan fingerprint density at radius 1 is 1.20 bits per heavy atom. The summed E-state index contributed by atoms with van der Waals surface area (Å²) in [5.74, 6) is -0.189. The van der Waals surface area contributed by atoms with Crippen LogP contribution < -0.4 is 4.90 Å². The molecule has 0 spiro atoms. The number of H-pyrrole nitrogens is 1. The molecule has 1 aromatic carbocycles. The lowest BCUT2D eigenvalue weighted by Gasteiger charge is -2.16. The molecule has 0 saturated carbocycles. The quantitative estimate of drug-likeness (QED) is 0.615. The van der Waals surface area contributed by atoms with Crippen LogP contribution in [-0.4, -0.2) is 42.9 Å². The van der Waals surface area contributed by atoms with Crippen LogP contribution >= 0.6 is 0 Å². The molecule has 0 saturated heterocycles. The first-order valence-corrected chi connectivity index (χ1v) is 7.73. The lowest BCUT2D eigenvalue weighted by molar-refractivity contribution is 0.0983. The van der Waals surface area contributed by atoms with Crippen molar-refractivity contribution in [3.8, 4) is 0 Å². The van der Waals surface area contributed by atoms with Crippen LogP contribution in [0.1, 0.15) is 16.3 Å². The minimum absolute atomic E-state index is 0.105. The van der Waals surface area contributed by atoms with Crippen molar-refractivity contribution in [1.29, 1.82) is 0 Å². The lowest BCUT2D eigenvalue weighted by atomic mass is 10.2. The van der Waals surface area contributed by atoms with Gasteiger partial charge in [0.15, 0.2) is 5.65 Å². The molecule has 0 aliphatic heterocycles. The molecule has 0 radical (unpaired) electrons. The van der Waals surface area contributed by atoms with Gasteiger partial charge in [0, 0.05) is 31.3 Å². The molecular weight excluding hydrogens is 318 g/mol. The van der Waals surface area contributed by atoms with E-state index in [1.807, 2.05) is 42.6 Å². The van der Waals surface area contributed by atoms with Gasteiger partial charge in [-0.15, -0.1) is 0 Å². The standard InChI is InChI=1S/C17H15N7O/c1-23(12-6-3-2-4-7-12)17(25)16-20-14(11-24-9-5-8-19-24)13-10-18-22-15(13)21-16/h2-10H,11H2,1H3,(H,18,20,21,22). The summed E-state index contributed by atoms with van der Waals surface area (Å²) in [6.07, 6.45) is 5.26. The number of hydrogen-bond acceptors (Lipinski definition) is 5. The van der Waals surface area contributed by atoms with E-state index >= 15 is 0 Å². The second-order valence-electron chi connectivity index (χ2n) is 5.52. The largest absolute Gasteiger partial charge is 0.309 e. The van der Waals surface area contributed by atoms with Crippen LogP contribution in [0, 0.1) is 0 Å². The predicted octanol–water partition coefficient (Wildman–Crippen LogP) is 1.87. The van der Waals surface area contributed by atoms with E-state index in [1.165, 1.54) is 4.90 Å². The van der Waals surface area contributed by atoms with Crippen LogP contribution in [0.3, 0.4) is 0 Å². The average molecular weight is 333 g/mol. The van der Waals surface area contributed by atoms with Crippen LogP contribution in [0.2, 0.25) is 0 Å². The fourth-order valence-electron chi connectivity index (χ4n) is 2.58. The van der Waals surface area contributed by atoms with Gasteiger partial charge in [0.05, 0.1) is 17.6 Å². The maximum atomic E-state index is 12.8. The van der Waals surface area contributed by atoms with Gasteiger partial charge in [-0.3, -0.25) is 14.6 Å². The zero-order valence-corrected chi connectivity index (χ0v) is 13.5. The highest BCUT2D eigenvalue weighted by atomic mass is 16.2. The molecule has 0 bridgehead atoms. The van der Waals surface area contributed by atoms with Crippen molar-refractivity contribution in [2.24, 2.45) is 0 Å². The van der Waals surface area contributed by atoms with Crippen molar-refractivity contribution in [2.45, 2.75) is 6.54 Å². The number of anilines is 1. The van der Waals surface area contributed by atoms with Crippen LogP contribution in [0.5, 0.6) is 0 Å². The van der Waals surface area contributed by atoms with E-state index in [4.69, 9.17) is 0 Å². The summed E-state index contributed by atoms with van der Waals surface area (Å²) in [5.41, 5.74) is 1.92. The van der Waals surface area contributed by atoms with Crippen LogP contribution in [0.25, 0.3) is 11.0 Å². The Labute approximate surface area is 143 Å². The summed E-state index contributed by atoms with van der Waals surface area (Å²) in [4.78, 5) is 23.1. The third-order valence-corrected chi connectivity index (χ3v) is 3.89. The Morgan fingerprint density at radius 2 is 2.04 bits per heavy atom. The monoisotopic (exact) mass is 333 g/mol. The van der Waals surface area contributed by atoms with Crippen LogP contribution in [-0.2, 0) is 6.54 Å². The van der Waals surface area contributed by atoms with Gasteiger partial charge in [-0.05, 0) is 18.2 Å². The first-order chi connectivity index (χ1) is 12.2. The number of amides is 1. The van der Waals surface area contributed by atoms with E-state index < -0.39 is 0 Å². The number of rotatable bonds is 4. The van der Waals surface area contributed by atoms with E-state index in [-0.39, 0.29) is 11.7 Å². The molecule has 8 nitrogen and oxygen atoms in total. The van der Waals surface area contributed by atoms with Gasteiger partial charge in [0.1, 0.15) is 0 Å². The molecule has 1 N–H and O–H groups in total. The molecule has 0 fully saturated rings. The summed E-state index contributed by atoms with van der Waals surface area (Å²) in [7, 11) is 1.70. The highest BCUT2D eigenvalue weighted by Gasteiger charge is 2.20. The molecule has 3 heterocycles. The molecule has 3 aromatic heterocycles. The number of benzene rings is 1. The van der Waals surface area contributed by atoms with Crippen LogP contribution in [0.15, 0.2) is 55.0 Å². The topological polar surface area (TPSA) is 92.6 Å². The summed E-state index contributed by atoms with van der Waals surface area (Å²) in [5, 5.41) is 11.8. The number of aromatic amines is 1. The maximum Gasteiger partial charge on any atom is 0.295 e. The van der Waals surface area contributed by atoms with Crippen molar-refractivity contribution in [3.63, 3.8) is 0 Å². The van der Waals surface area contributed by atoms with Crippen molar-refractivity contribution >= 4 is 22.6 Å². The Kier molecular flexibility index (Phi) is 3.70. The zero-order chi connectivity index (χ0) is 17.2. The smallest absolute Gasteiger partial charge is 0.295 e. The molecule has 8 heteroatoms. The maximum absolute atomic E-state index is 12.8. The van der Waals surface area contributed by atoms with Gasteiger partial charge < -0.3 is 4.90 Å². The fourth-order valence-corrected chi connectivity index (χ4v) is 2.58. The Hall–Kier alpha value is -3.55. The van der Waals surface area contributed by atoms with E-state index in [2.05, 4.69) is 25.3 Å². The molecule has 4 rings (SSSR count). The van der Waals surface area contributed by atoms with Crippen molar-refractivity contribution in [3.05, 3.63) is 66.5 Å². The third-order valence-electron chi connectivity index (χ3n) is 3.89. The minimum Gasteiger partial charge on any atom is -0.309 e. The van der Waals surface area contributed by atoms with E-state index in [0.29, 0.717) is 17.9 Å². The number of carbonyl (C=O) groups is 1. The second-order valence-corrected chi connectivity index (χ2v) is 5.52. The average Bonchev–Trinajstić information content (AvgIpc) is 3.32. The van der Waals surface area contributed by atoms with E-state index in [9.17, 15) is 4.79 Å². The Bertz CT molecular complexity index is 1010. The molecule has 124 valence electrons. The Morgan fingerprint density at radius 3 is 2.80 bits per heavy atom. The summed E-state index contributed by atoms with van der Waals surface area (Å²) in [6.45, 7) is 0.431. The molecule has 4 aromatic rings. The van der Waals surface area contributed by atoms with Gasteiger partial charge in [-0.2, -0.15) is 10.2 Å². The summed E-state index contributed by atoms with van der Waals surface area (Å²) < 4.78 is 1.74. The number of nitrogens with zero attached hydrogens (tertiary/aromatic N) is 6. The number of nitrogens with one attached hydrogen (secondary N) is 1. The summed E-state index contributed by atoms with van der Waals surface area (Å²) >= 11 is 0. The highest BCUT2D eigenvalue weighted by Crippen LogP contribution is 2.17. The predicted molar refractivity (Wildman–Crippen MR) is 92.2 cm³/mol. The SMILES string of the molecule is CN(C(=O)c1nc(Cn2cccn2)c2c[nH]nc2n1)c1ccccc1. The molecule has 0 atom stereocenters. The third kappa shape index (κ3) is 2.85. The lowest BCUT2D eigenvalue weighted by Crippen LogP contribution is -2.28. The first kappa shape index (κ1) is 15.0. The van der Waals surface area contributed by atoms with Crippen molar-refractivity contribution in [1.82, 2.24) is 29.9 Å². The zero-order valence-electron chi connectivity index (χ0n) is 13.5. The number of aromatic nitrogens is 6. The van der Waals surface area contributed by atoms with Gasteiger partial charge in [-0.1, -0.05) is 18.2 Å². The number of hydrogen-bond donors (Lipinski definition) is 1.